The van der Waals surface area contributed by atoms with Crippen molar-refractivity contribution < 1.29 is 14.7 Å². The Kier molecular flexibility index (Phi) is 3.98. The summed E-state index contributed by atoms with van der Waals surface area (Å²) in [5.74, 6) is -1.41. The minimum Gasteiger partial charge on any atom is -0.479 e. The number of rotatable bonds is 3. The molecule has 5 heteroatoms. The minimum absolute atomic E-state index is 0.121. The van der Waals surface area contributed by atoms with E-state index in [4.69, 9.17) is 0 Å². The van der Waals surface area contributed by atoms with Gasteiger partial charge in [0, 0.05) is 11.4 Å². The van der Waals surface area contributed by atoms with Gasteiger partial charge in [0.25, 0.3) is 0 Å². The molecule has 0 saturated carbocycles. The van der Waals surface area contributed by atoms with Crippen LogP contribution in [0.3, 0.4) is 0 Å². The molecule has 0 unspecified atom stereocenters. The maximum Gasteiger partial charge on any atom is 0.331 e. The summed E-state index contributed by atoms with van der Waals surface area (Å²) in [7, 11) is 0. The molecular weight excluding hydrogens is 298 g/mol. The number of hydrogen-bond donors (Lipinski definition) is 1. The highest BCUT2D eigenvalue weighted by atomic mass is 32.1. The van der Waals surface area contributed by atoms with Crippen molar-refractivity contribution >= 4 is 23.2 Å². The maximum absolute atomic E-state index is 12.8. The number of aliphatic carboxylic acids is 1. The summed E-state index contributed by atoms with van der Waals surface area (Å²) in [5, 5.41) is 11.6. The molecule has 1 aliphatic heterocycles. The second kappa shape index (κ2) is 5.93. The second-order valence-corrected chi connectivity index (χ2v) is 6.44. The summed E-state index contributed by atoms with van der Waals surface area (Å²) in [5.41, 5.74) is 1.75. The van der Waals surface area contributed by atoms with Crippen LogP contribution in [0.5, 0.6) is 0 Å². The number of carboxylic acids is 1. The normalized spacial score (nSPS) is 18.6. The van der Waals surface area contributed by atoms with E-state index in [1.165, 1.54) is 16.2 Å². The Labute approximate surface area is 133 Å². The largest absolute Gasteiger partial charge is 0.479 e. The maximum atomic E-state index is 12.8. The third-order valence-corrected chi connectivity index (χ3v) is 5.20. The topological polar surface area (TPSA) is 57.6 Å². The molecule has 114 valence electrons. The van der Waals surface area contributed by atoms with Crippen molar-refractivity contribution in [2.24, 2.45) is 0 Å². The fourth-order valence-electron chi connectivity index (χ4n) is 2.98. The van der Waals surface area contributed by atoms with Gasteiger partial charge in [-0.05, 0) is 35.9 Å². The van der Waals surface area contributed by atoms with E-state index in [9.17, 15) is 14.7 Å². The molecule has 1 amide bonds. The van der Waals surface area contributed by atoms with Crippen LogP contribution in [-0.4, -0.2) is 28.4 Å². The predicted octanol–water partition coefficient (Wildman–Crippen LogP) is 3.06. The molecule has 1 N–H and O–H groups in total. The number of carbonyl (C=O) groups excluding carboxylic acids is 1. The molecule has 1 aromatic heterocycles. The molecule has 4 nitrogen and oxygen atoms in total. The van der Waals surface area contributed by atoms with Crippen molar-refractivity contribution in [2.75, 3.05) is 6.54 Å². The molecule has 0 bridgehead atoms. The standard InChI is InChI=1S/C17H17NO3S/c1-11(14-7-4-10-22-14)16(19)18-9-8-12-5-2-3-6-13(12)15(18)17(20)21/h2-7,10-11,15H,8-9H2,1H3,(H,20,21)/t11-,15-/m0/s1. The first-order chi connectivity index (χ1) is 10.6. The molecule has 2 aromatic rings. The Hall–Kier alpha value is -2.14. The molecular formula is C17H17NO3S. The Bertz CT molecular complexity index is 696. The first kappa shape index (κ1) is 14.8. The van der Waals surface area contributed by atoms with Crippen LogP contribution in [0, 0.1) is 0 Å². The van der Waals surface area contributed by atoms with Crippen molar-refractivity contribution in [3.05, 3.63) is 57.8 Å². The molecule has 2 atom stereocenters. The second-order valence-electron chi connectivity index (χ2n) is 5.46. The van der Waals surface area contributed by atoms with Crippen LogP contribution >= 0.6 is 11.3 Å². The number of carbonyl (C=O) groups is 2. The number of carboxylic acid groups (broad SMARTS) is 1. The van der Waals surface area contributed by atoms with E-state index in [2.05, 4.69) is 0 Å². The third kappa shape index (κ3) is 2.52. The van der Waals surface area contributed by atoms with Gasteiger partial charge in [0.05, 0.1) is 5.92 Å². The first-order valence-corrected chi connectivity index (χ1v) is 8.12. The van der Waals surface area contributed by atoms with Crippen LogP contribution in [0.2, 0.25) is 0 Å². The number of fused-ring (bicyclic) bond motifs is 1. The van der Waals surface area contributed by atoms with Crippen molar-refractivity contribution in [3.63, 3.8) is 0 Å². The highest BCUT2D eigenvalue weighted by molar-refractivity contribution is 7.10. The van der Waals surface area contributed by atoms with E-state index in [0.717, 1.165) is 16.0 Å². The summed E-state index contributed by atoms with van der Waals surface area (Å²) < 4.78 is 0. The molecule has 2 heterocycles. The van der Waals surface area contributed by atoms with Crippen LogP contribution in [0.25, 0.3) is 0 Å². The lowest BCUT2D eigenvalue weighted by Gasteiger charge is -2.36. The third-order valence-electron chi connectivity index (χ3n) is 4.14. The summed E-state index contributed by atoms with van der Waals surface area (Å²) in [6.07, 6.45) is 0.697. The number of amides is 1. The van der Waals surface area contributed by atoms with Crippen LogP contribution in [-0.2, 0) is 16.0 Å². The average molecular weight is 315 g/mol. The fourth-order valence-corrected chi connectivity index (χ4v) is 3.75. The zero-order valence-electron chi connectivity index (χ0n) is 12.2. The Morgan fingerprint density at radius 1 is 1.27 bits per heavy atom. The van der Waals surface area contributed by atoms with Crippen molar-refractivity contribution in [1.29, 1.82) is 0 Å². The van der Waals surface area contributed by atoms with Crippen LogP contribution in [0.1, 0.15) is 34.9 Å². The monoisotopic (exact) mass is 315 g/mol. The highest BCUT2D eigenvalue weighted by Gasteiger charge is 2.37. The predicted molar refractivity (Wildman–Crippen MR) is 85.0 cm³/mol. The van der Waals surface area contributed by atoms with Gasteiger partial charge in [-0.25, -0.2) is 4.79 Å². The summed E-state index contributed by atoms with van der Waals surface area (Å²) in [6, 6.07) is 10.4. The zero-order valence-corrected chi connectivity index (χ0v) is 13.0. The quantitative estimate of drug-likeness (QED) is 0.947. The lowest BCUT2D eigenvalue weighted by Crippen LogP contribution is -2.45. The number of nitrogens with zero attached hydrogens (tertiary/aromatic N) is 1. The van der Waals surface area contributed by atoms with Crippen LogP contribution in [0.15, 0.2) is 41.8 Å². The fraction of sp³-hybridized carbons (Fsp3) is 0.294. The first-order valence-electron chi connectivity index (χ1n) is 7.24. The minimum atomic E-state index is -0.973. The number of hydrogen-bond acceptors (Lipinski definition) is 3. The van der Waals surface area contributed by atoms with E-state index in [0.29, 0.717) is 13.0 Å². The van der Waals surface area contributed by atoms with E-state index < -0.39 is 12.0 Å². The summed E-state index contributed by atoms with van der Waals surface area (Å²) >= 11 is 1.52. The Morgan fingerprint density at radius 2 is 2.05 bits per heavy atom. The highest BCUT2D eigenvalue weighted by Crippen LogP contribution is 2.33. The molecule has 0 saturated heterocycles. The molecule has 3 rings (SSSR count). The van der Waals surface area contributed by atoms with Gasteiger partial charge in [0.2, 0.25) is 5.91 Å². The number of thiophene rings is 1. The smallest absolute Gasteiger partial charge is 0.331 e. The average Bonchev–Trinajstić information content (AvgIpc) is 3.06. The van der Waals surface area contributed by atoms with Crippen molar-refractivity contribution in [3.8, 4) is 0 Å². The van der Waals surface area contributed by atoms with Gasteiger partial charge >= 0.3 is 5.97 Å². The van der Waals surface area contributed by atoms with E-state index in [-0.39, 0.29) is 11.8 Å². The Balaban J connectivity index is 1.93. The van der Waals surface area contributed by atoms with Gasteiger partial charge in [-0.3, -0.25) is 4.79 Å². The molecule has 0 fully saturated rings. The molecule has 0 aliphatic carbocycles. The lowest BCUT2D eigenvalue weighted by atomic mass is 9.91. The lowest BCUT2D eigenvalue weighted by molar-refractivity contribution is -0.151. The van der Waals surface area contributed by atoms with Crippen molar-refractivity contribution in [2.45, 2.75) is 25.3 Å². The van der Waals surface area contributed by atoms with E-state index in [1.54, 1.807) is 0 Å². The van der Waals surface area contributed by atoms with Crippen LogP contribution < -0.4 is 0 Å². The van der Waals surface area contributed by atoms with Gasteiger partial charge in [0.15, 0.2) is 6.04 Å². The van der Waals surface area contributed by atoms with Gasteiger partial charge in [-0.15, -0.1) is 11.3 Å². The SMILES string of the molecule is C[C@H](C(=O)N1CCc2ccccc2[C@H]1C(=O)O)c1cccs1. The van der Waals surface area contributed by atoms with Crippen molar-refractivity contribution in [1.82, 2.24) is 4.90 Å². The van der Waals surface area contributed by atoms with E-state index >= 15 is 0 Å². The molecule has 22 heavy (non-hydrogen) atoms. The van der Waals surface area contributed by atoms with Gasteiger partial charge in [0.1, 0.15) is 0 Å². The zero-order chi connectivity index (χ0) is 15.7. The Morgan fingerprint density at radius 3 is 2.73 bits per heavy atom. The summed E-state index contributed by atoms with van der Waals surface area (Å²) in [4.78, 5) is 27.0. The molecule has 0 spiro atoms. The summed E-state index contributed by atoms with van der Waals surface area (Å²) in [6.45, 7) is 2.29. The van der Waals surface area contributed by atoms with Crippen LogP contribution in [0.4, 0.5) is 0 Å². The molecule has 0 radical (unpaired) electrons. The molecule has 1 aromatic carbocycles. The van der Waals surface area contributed by atoms with Gasteiger partial charge in [-0.1, -0.05) is 30.3 Å². The van der Waals surface area contributed by atoms with Gasteiger partial charge < -0.3 is 10.0 Å². The van der Waals surface area contributed by atoms with Gasteiger partial charge in [-0.2, -0.15) is 0 Å². The van der Waals surface area contributed by atoms with E-state index in [1.807, 2.05) is 48.7 Å². The number of benzene rings is 1. The molecule has 1 aliphatic rings.